The molecule has 1 aromatic carbocycles. The molecule has 0 atom stereocenters. The summed E-state index contributed by atoms with van der Waals surface area (Å²) in [5.74, 6) is 0.0851. The fourth-order valence-electron chi connectivity index (χ4n) is 1.13. The van der Waals surface area contributed by atoms with Crippen LogP contribution in [0.4, 0.5) is 0 Å². The van der Waals surface area contributed by atoms with Crippen molar-refractivity contribution in [2.75, 3.05) is 0 Å². The zero-order chi connectivity index (χ0) is 9.68. The van der Waals surface area contributed by atoms with E-state index >= 15 is 0 Å². The Bertz CT molecular complexity index is 324. The first kappa shape index (κ1) is 9.72. The predicted molar refractivity (Wildman–Crippen MR) is 55.5 cm³/mol. The average molecular weight is 174 g/mol. The molecule has 0 aliphatic heterocycles. The summed E-state index contributed by atoms with van der Waals surface area (Å²) >= 11 is 0. The van der Waals surface area contributed by atoms with Crippen LogP contribution in [0.3, 0.4) is 0 Å². The van der Waals surface area contributed by atoms with Gasteiger partial charge in [0.25, 0.3) is 0 Å². The van der Waals surface area contributed by atoms with E-state index in [-0.39, 0.29) is 5.78 Å². The second kappa shape index (κ2) is 4.61. The number of hydrogen-bond acceptors (Lipinski definition) is 1. The Balaban J connectivity index is 2.83. The maximum absolute atomic E-state index is 10.7. The number of hydrogen-bond donors (Lipinski definition) is 0. The van der Waals surface area contributed by atoms with Crippen molar-refractivity contribution in [2.24, 2.45) is 0 Å². The first-order valence-corrected chi connectivity index (χ1v) is 4.50. The largest absolute Gasteiger partial charge is 0.295 e. The predicted octanol–water partition coefficient (Wildman–Crippen LogP) is 2.85. The molecule has 0 saturated heterocycles. The fraction of sp³-hybridized carbons (Fsp3) is 0.250. The zero-order valence-corrected chi connectivity index (χ0v) is 8.08. The van der Waals surface area contributed by atoms with Gasteiger partial charge in [-0.3, -0.25) is 4.79 Å². The molecule has 1 nitrogen and oxygen atoms in total. The number of allylic oxidation sites excluding steroid dienone is 1. The van der Waals surface area contributed by atoms with Crippen LogP contribution < -0.4 is 0 Å². The van der Waals surface area contributed by atoms with Crippen molar-refractivity contribution in [3.05, 3.63) is 41.5 Å². The maximum Gasteiger partial charge on any atom is 0.152 e. The Morgan fingerprint density at radius 1 is 1.46 bits per heavy atom. The smallest absolute Gasteiger partial charge is 0.152 e. The summed E-state index contributed by atoms with van der Waals surface area (Å²) in [4.78, 5) is 10.7. The molecule has 0 amide bonds. The molecule has 0 saturated carbocycles. The molecule has 0 unspecified atom stereocenters. The molecular formula is C12H14O. The van der Waals surface area contributed by atoms with Crippen LogP contribution in [0.5, 0.6) is 0 Å². The molecule has 0 aromatic heterocycles. The van der Waals surface area contributed by atoms with Crippen molar-refractivity contribution in [2.45, 2.75) is 20.3 Å². The van der Waals surface area contributed by atoms with Gasteiger partial charge in [0.2, 0.25) is 0 Å². The lowest BCUT2D eigenvalue weighted by Gasteiger charge is -1.97. The average Bonchev–Trinajstić information content (AvgIpc) is 2.15. The third-order valence-electron chi connectivity index (χ3n) is 1.87. The van der Waals surface area contributed by atoms with Crippen molar-refractivity contribution in [1.82, 2.24) is 0 Å². The van der Waals surface area contributed by atoms with Gasteiger partial charge in [-0.05, 0) is 30.5 Å². The van der Waals surface area contributed by atoms with E-state index in [4.69, 9.17) is 0 Å². The van der Waals surface area contributed by atoms with Gasteiger partial charge in [-0.1, -0.05) is 37.3 Å². The second-order valence-electron chi connectivity index (χ2n) is 3.04. The molecule has 0 fully saturated rings. The van der Waals surface area contributed by atoms with E-state index in [9.17, 15) is 4.79 Å². The van der Waals surface area contributed by atoms with Crippen molar-refractivity contribution in [1.29, 1.82) is 0 Å². The van der Waals surface area contributed by atoms with Gasteiger partial charge in [0.1, 0.15) is 0 Å². The normalized spacial score (nSPS) is 10.6. The first-order chi connectivity index (χ1) is 6.22. The highest BCUT2D eigenvalue weighted by Gasteiger charge is 1.90. The maximum atomic E-state index is 10.7. The topological polar surface area (TPSA) is 17.1 Å². The molecule has 1 aromatic rings. The number of ketones is 1. The van der Waals surface area contributed by atoms with Crippen LogP contribution >= 0.6 is 0 Å². The van der Waals surface area contributed by atoms with Gasteiger partial charge in [-0.25, -0.2) is 0 Å². The summed E-state index contributed by atoms with van der Waals surface area (Å²) < 4.78 is 0. The Labute approximate surface area is 79.1 Å². The standard InChI is InChI=1S/C12H14O/c1-3-11-5-4-6-12(9-11)8-7-10(2)13/h4-9H,3H2,1-2H3. The van der Waals surface area contributed by atoms with Crippen LogP contribution in [-0.4, -0.2) is 5.78 Å². The van der Waals surface area contributed by atoms with Gasteiger partial charge in [0, 0.05) is 0 Å². The lowest BCUT2D eigenvalue weighted by atomic mass is 10.1. The van der Waals surface area contributed by atoms with E-state index in [1.54, 1.807) is 13.0 Å². The third kappa shape index (κ3) is 3.24. The van der Waals surface area contributed by atoms with E-state index in [0.29, 0.717) is 0 Å². The van der Waals surface area contributed by atoms with Crippen LogP contribution in [-0.2, 0) is 11.2 Å². The van der Waals surface area contributed by atoms with Crippen LogP contribution in [0, 0.1) is 0 Å². The monoisotopic (exact) mass is 174 g/mol. The van der Waals surface area contributed by atoms with Crippen molar-refractivity contribution >= 4 is 11.9 Å². The second-order valence-corrected chi connectivity index (χ2v) is 3.04. The van der Waals surface area contributed by atoms with Gasteiger partial charge in [-0.15, -0.1) is 0 Å². The van der Waals surface area contributed by atoms with Gasteiger partial charge in [0.15, 0.2) is 5.78 Å². The van der Waals surface area contributed by atoms with Gasteiger partial charge >= 0.3 is 0 Å². The molecule has 13 heavy (non-hydrogen) atoms. The number of carbonyl (C=O) groups is 1. The van der Waals surface area contributed by atoms with E-state index in [1.807, 2.05) is 18.2 Å². The Morgan fingerprint density at radius 2 is 2.23 bits per heavy atom. The Hall–Kier alpha value is -1.37. The van der Waals surface area contributed by atoms with Crippen LogP contribution in [0.2, 0.25) is 0 Å². The summed E-state index contributed by atoms with van der Waals surface area (Å²) in [5, 5.41) is 0. The summed E-state index contributed by atoms with van der Waals surface area (Å²) in [5.41, 5.74) is 2.39. The lowest BCUT2D eigenvalue weighted by Crippen LogP contribution is -1.82. The Kier molecular flexibility index (Phi) is 3.44. The molecule has 0 spiro atoms. The third-order valence-corrected chi connectivity index (χ3v) is 1.87. The minimum Gasteiger partial charge on any atom is -0.295 e. The summed E-state index contributed by atoms with van der Waals surface area (Å²) in [7, 11) is 0. The number of rotatable bonds is 3. The number of benzene rings is 1. The molecule has 0 aliphatic rings. The quantitative estimate of drug-likeness (QED) is 0.644. The molecule has 68 valence electrons. The van der Waals surface area contributed by atoms with Crippen molar-refractivity contribution < 1.29 is 4.79 Å². The van der Waals surface area contributed by atoms with Gasteiger partial charge < -0.3 is 0 Å². The number of carbonyl (C=O) groups excluding carboxylic acids is 1. The molecule has 1 rings (SSSR count). The minimum atomic E-state index is 0.0851. The molecule has 0 radical (unpaired) electrons. The number of aryl methyl sites for hydroxylation is 1. The first-order valence-electron chi connectivity index (χ1n) is 4.50. The van der Waals surface area contributed by atoms with Gasteiger partial charge in [-0.2, -0.15) is 0 Å². The summed E-state index contributed by atoms with van der Waals surface area (Å²) in [6.45, 7) is 3.67. The van der Waals surface area contributed by atoms with Crippen LogP contribution in [0.1, 0.15) is 25.0 Å². The molecule has 0 aliphatic carbocycles. The summed E-state index contributed by atoms with van der Waals surface area (Å²) in [6.07, 6.45) is 4.47. The van der Waals surface area contributed by atoms with Crippen LogP contribution in [0.25, 0.3) is 6.08 Å². The van der Waals surface area contributed by atoms with Gasteiger partial charge in [0.05, 0.1) is 0 Å². The molecule has 1 heteroatoms. The molecule has 0 N–H and O–H groups in total. The van der Waals surface area contributed by atoms with E-state index in [0.717, 1.165) is 12.0 Å². The van der Waals surface area contributed by atoms with Crippen LogP contribution in [0.15, 0.2) is 30.3 Å². The van der Waals surface area contributed by atoms with E-state index < -0.39 is 0 Å². The highest BCUT2D eigenvalue weighted by Crippen LogP contribution is 2.07. The highest BCUT2D eigenvalue weighted by molar-refractivity contribution is 5.91. The molecule has 0 bridgehead atoms. The van der Waals surface area contributed by atoms with Crippen molar-refractivity contribution in [3.63, 3.8) is 0 Å². The molecular weight excluding hydrogens is 160 g/mol. The molecule has 0 heterocycles. The van der Waals surface area contributed by atoms with E-state index in [1.165, 1.54) is 5.56 Å². The lowest BCUT2D eigenvalue weighted by molar-refractivity contribution is -0.112. The van der Waals surface area contributed by atoms with Crippen molar-refractivity contribution in [3.8, 4) is 0 Å². The zero-order valence-electron chi connectivity index (χ0n) is 8.08. The highest BCUT2D eigenvalue weighted by atomic mass is 16.1. The fourth-order valence-corrected chi connectivity index (χ4v) is 1.13. The summed E-state index contributed by atoms with van der Waals surface area (Å²) in [6, 6.07) is 8.20. The Morgan fingerprint density at radius 3 is 2.85 bits per heavy atom. The van der Waals surface area contributed by atoms with E-state index in [2.05, 4.69) is 19.1 Å². The SMILES string of the molecule is CCc1cccc(C=CC(C)=O)c1. The minimum absolute atomic E-state index is 0.0851.